The highest BCUT2D eigenvalue weighted by Gasteiger charge is 2.43. The van der Waals surface area contributed by atoms with Gasteiger partial charge in [0.25, 0.3) is 0 Å². The van der Waals surface area contributed by atoms with Crippen molar-refractivity contribution in [3.05, 3.63) is 11.8 Å². The Hall–Kier alpha value is -0.0600. The van der Waals surface area contributed by atoms with Crippen molar-refractivity contribution < 1.29 is 28.6 Å². The molecule has 1 rings (SSSR count). The van der Waals surface area contributed by atoms with E-state index >= 15 is 0 Å². The first-order valence-corrected chi connectivity index (χ1v) is 5.49. The summed E-state index contributed by atoms with van der Waals surface area (Å²) < 4.78 is 2.40. The zero-order chi connectivity index (χ0) is 10.9. The molecule has 0 aromatic carbocycles. The van der Waals surface area contributed by atoms with Gasteiger partial charge in [-0.3, -0.25) is 0 Å². The van der Waals surface area contributed by atoms with Crippen LogP contribution in [0.2, 0.25) is 0 Å². The normalized spacial score (nSPS) is 19.9. The van der Waals surface area contributed by atoms with Gasteiger partial charge in [0, 0.05) is 38.6 Å². The highest BCUT2D eigenvalue weighted by molar-refractivity contribution is 5.89. The van der Waals surface area contributed by atoms with Gasteiger partial charge >= 0.3 is 0 Å². The lowest BCUT2D eigenvalue weighted by molar-refractivity contribution is -0.614. The summed E-state index contributed by atoms with van der Waals surface area (Å²) >= 11 is 0. The van der Waals surface area contributed by atoms with Crippen molar-refractivity contribution in [3.63, 3.8) is 0 Å². The van der Waals surface area contributed by atoms with Gasteiger partial charge in [-0.15, -0.1) is 0 Å². The van der Waals surface area contributed by atoms with E-state index in [1.54, 1.807) is 0 Å². The van der Waals surface area contributed by atoms with Gasteiger partial charge in [-0.05, 0) is 6.92 Å². The number of rotatable bonds is 2. The summed E-state index contributed by atoms with van der Waals surface area (Å²) in [5, 5.41) is 0. The van der Waals surface area contributed by atoms with Gasteiger partial charge in [0.2, 0.25) is 5.66 Å². The van der Waals surface area contributed by atoms with Crippen LogP contribution in [0.1, 0.15) is 40.5 Å². The molecule has 0 unspecified atom stereocenters. The van der Waals surface area contributed by atoms with Crippen LogP contribution in [0.3, 0.4) is 0 Å². The molecule has 3 heteroatoms. The van der Waals surface area contributed by atoms with E-state index in [-0.39, 0.29) is 29.6 Å². The molecule has 0 aliphatic carbocycles. The van der Waals surface area contributed by atoms with Crippen molar-refractivity contribution in [1.29, 1.82) is 0 Å². The molecule has 0 aromatic rings. The quantitative estimate of drug-likeness (QED) is 0.489. The molecule has 0 saturated carbocycles. The molecular formula is C12H23IN2. The highest BCUT2D eigenvalue weighted by Crippen LogP contribution is 2.29. The van der Waals surface area contributed by atoms with Crippen LogP contribution >= 0.6 is 0 Å². The van der Waals surface area contributed by atoms with Crippen LogP contribution in [-0.2, 0) is 0 Å². The smallest absolute Gasteiger partial charge is 0.237 e. The molecule has 0 amide bonds. The summed E-state index contributed by atoms with van der Waals surface area (Å²) in [5.74, 6) is 0. The van der Waals surface area contributed by atoms with E-state index in [9.17, 15) is 0 Å². The van der Waals surface area contributed by atoms with E-state index < -0.39 is 0 Å². The minimum absolute atomic E-state index is 0. The van der Waals surface area contributed by atoms with E-state index in [0.717, 1.165) is 12.8 Å². The van der Waals surface area contributed by atoms with Gasteiger partial charge < -0.3 is 28.9 Å². The number of allylic oxidation sites excluding steroid dienone is 2. The minimum atomic E-state index is 0. The van der Waals surface area contributed by atoms with Gasteiger partial charge in [-0.1, -0.05) is 13.8 Å². The van der Waals surface area contributed by atoms with Crippen molar-refractivity contribution >= 4 is 5.71 Å². The summed E-state index contributed by atoms with van der Waals surface area (Å²) in [5.41, 5.74) is 2.91. The van der Waals surface area contributed by atoms with Gasteiger partial charge in [0.1, 0.15) is 7.05 Å². The SMILES string of the molecule is CCC1(CC)N(C)C(C)=CC(C)=[N+]1C.[I-]. The zero-order valence-corrected chi connectivity index (χ0v) is 12.9. The average molecular weight is 322 g/mol. The second kappa shape index (κ2) is 5.32. The second-order valence-electron chi connectivity index (χ2n) is 4.23. The first kappa shape index (κ1) is 14.9. The van der Waals surface area contributed by atoms with Crippen molar-refractivity contribution in [3.8, 4) is 0 Å². The minimum Gasteiger partial charge on any atom is -1.00 e. The van der Waals surface area contributed by atoms with Crippen LogP contribution in [0.5, 0.6) is 0 Å². The molecule has 0 fully saturated rings. The third-order valence-corrected chi connectivity index (χ3v) is 3.86. The Morgan fingerprint density at radius 1 is 1.27 bits per heavy atom. The maximum Gasteiger partial charge on any atom is 0.237 e. The molecule has 88 valence electrons. The summed E-state index contributed by atoms with van der Waals surface area (Å²) in [4.78, 5) is 2.40. The standard InChI is InChI=1S/C12H23N2.HI/c1-7-12(8-2)13(5)10(3)9-11(4)14(12)6;/h9H,7-8H2,1-6H3;1H/q+1;/p-1. The topological polar surface area (TPSA) is 6.25 Å². The van der Waals surface area contributed by atoms with Gasteiger partial charge in [0.15, 0.2) is 5.71 Å². The lowest BCUT2D eigenvalue weighted by Crippen LogP contribution is -3.00. The Bertz CT molecular complexity index is 288. The molecule has 0 atom stereocenters. The van der Waals surface area contributed by atoms with Crippen molar-refractivity contribution in [2.24, 2.45) is 0 Å². The van der Waals surface area contributed by atoms with Crippen molar-refractivity contribution in [2.75, 3.05) is 14.1 Å². The Morgan fingerprint density at radius 3 is 2.13 bits per heavy atom. The van der Waals surface area contributed by atoms with Gasteiger partial charge in [0.05, 0.1) is 0 Å². The first-order valence-electron chi connectivity index (χ1n) is 5.49. The van der Waals surface area contributed by atoms with E-state index in [4.69, 9.17) is 0 Å². The first-order chi connectivity index (χ1) is 6.49. The van der Waals surface area contributed by atoms with E-state index in [2.05, 4.69) is 57.3 Å². The molecule has 1 aliphatic rings. The van der Waals surface area contributed by atoms with Crippen LogP contribution in [0.25, 0.3) is 0 Å². The molecule has 1 aliphatic heterocycles. The third kappa shape index (κ3) is 2.22. The lowest BCUT2D eigenvalue weighted by atomic mass is 9.97. The zero-order valence-electron chi connectivity index (χ0n) is 10.8. The summed E-state index contributed by atoms with van der Waals surface area (Å²) in [6, 6.07) is 0. The van der Waals surface area contributed by atoms with E-state index in [1.807, 2.05) is 0 Å². The molecule has 15 heavy (non-hydrogen) atoms. The number of halogens is 1. The van der Waals surface area contributed by atoms with Crippen LogP contribution < -0.4 is 24.0 Å². The fourth-order valence-electron chi connectivity index (χ4n) is 2.58. The predicted molar refractivity (Wildman–Crippen MR) is 61.7 cm³/mol. The van der Waals surface area contributed by atoms with Crippen LogP contribution in [0.15, 0.2) is 11.8 Å². The van der Waals surface area contributed by atoms with Crippen LogP contribution in [0.4, 0.5) is 0 Å². The molecule has 0 saturated heterocycles. The second-order valence-corrected chi connectivity index (χ2v) is 4.23. The fraction of sp³-hybridized carbons (Fsp3) is 0.750. The molecule has 1 heterocycles. The largest absolute Gasteiger partial charge is 1.00 e. The maximum atomic E-state index is 2.40. The number of hydrogen-bond donors (Lipinski definition) is 0. The fourth-order valence-corrected chi connectivity index (χ4v) is 2.58. The lowest BCUT2D eigenvalue weighted by Gasteiger charge is -2.41. The average Bonchev–Trinajstić information content (AvgIpc) is 2.18. The molecular weight excluding hydrogens is 299 g/mol. The van der Waals surface area contributed by atoms with E-state index in [0.29, 0.717) is 0 Å². The van der Waals surface area contributed by atoms with Gasteiger partial charge in [-0.2, -0.15) is 0 Å². The third-order valence-electron chi connectivity index (χ3n) is 3.86. The van der Waals surface area contributed by atoms with Crippen LogP contribution in [-0.4, -0.2) is 34.9 Å². The van der Waals surface area contributed by atoms with Crippen molar-refractivity contribution in [2.45, 2.75) is 46.2 Å². The summed E-state index contributed by atoms with van der Waals surface area (Å²) in [6.07, 6.45) is 4.56. The Kier molecular flexibility index (Phi) is 5.30. The molecule has 0 spiro atoms. The summed E-state index contributed by atoms with van der Waals surface area (Å²) in [7, 11) is 4.39. The van der Waals surface area contributed by atoms with E-state index in [1.165, 1.54) is 11.4 Å². The van der Waals surface area contributed by atoms with Crippen LogP contribution in [0, 0.1) is 0 Å². The van der Waals surface area contributed by atoms with Gasteiger partial charge in [-0.25, -0.2) is 4.58 Å². The molecule has 0 aromatic heterocycles. The molecule has 2 nitrogen and oxygen atoms in total. The Labute approximate surface area is 111 Å². The maximum absolute atomic E-state index is 2.40. The number of hydrogen-bond acceptors (Lipinski definition) is 1. The monoisotopic (exact) mass is 322 g/mol. The number of nitrogens with zero attached hydrogens (tertiary/aromatic N) is 2. The highest BCUT2D eigenvalue weighted by atomic mass is 127. The summed E-state index contributed by atoms with van der Waals surface area (Å²) in [6.45, 7) is 8.91. The predicted octanol–water partition coefficient (Wildman–Crippen LogP) is -0.541. The molecule has 0 bridgehead atoms. The van der Waals surface area contributed by atoms with Crippen molar-refractivity contribution in [1.82, 2.24) is 4.90 Å². The Balaban J connectivity index is 0.00000196. The molecule has 0 radical (unpaired) electrons. The molecule has 0 N–H and O–H groups in total. The Morgan fingerprint density at radius 2 is 1.73 bits per heavy atom.